The molecule has 3 rings (SSSR count). The summed E-state index contributed by atoms with van der Waals surface area (Å²) in [5.41, 5.74) is 3.61. The number of nitrogens with zero attached hydrogens (tertiary/aromatic N) is 3. The second kappa shape index (κ2) is 7.33. The van der Waals surface area contributed by atoms with Gasteiger partial charge in [-0.2, -0.15) is 5.26 Å². The maximum absolute atomic E-state index is 11.0. The van der Waals surface area contributed by atoms with E-state index in [9.17, 15) is 10.1 Å². The molecule has 0 fully saturated rings. The number of hydrogen-bond donors (Lipinski definition) is 1. The molecule has 0 aliphatic heterocycles. The van der Waals surface area contributed by atoms with E-state index < -0.39 is 5.97 Å². The molecule has 0 amide bonds. The first-order valence-electron chi connectivity index (χ1n) is 7.84. The van der Waals surface area contributed by atoms with Crippen LogP contribution in [0.1, 0.15) is 27.7 Å². The minimum Gasteiger partial charge on any atom is -0.497 e. The van der Waals surface area contributed by atoms with Gasteiger partial charge in [-0.3, -0.25) is 4.98 Å². The molecule has 7 heteroatoms. The number of rotatable bonds is 5. The Morgan fingerprint density at radius 2 is 2.08 bits per heavy atom. The van der Waals surface area contributed by atoms with E-state index in [0.29, 0.717) is 27.6 Å². The van der Waals surface area contributed by atoms with Crippen LogP contribution in [-0.2, 0) is 6.42 Å². The van der Waals surface area contributed by atoms with E-state index in [1.54, 1.807) is 19.4 Å². The number of ether oxygens (including phenoxy) is 1. The third kappa shape index (κ3) is 3.27. The van der Waals surface area contributed by atoms with E-state index in [4.69, 9.17) is 9.84 Å². The third-order valence-electron chi connectivity index (χ3n) is 3.95. The monoisotopic (exact) mass is 365 g/mol. The molecule has 0 saturated heterocycles. The van der Waals surface area contributed by atoms with Crippen molar-refractivity contribution >= 4 is 17.3 Å². The number of aromatic carboxylic acids is 1. The first-order chi connectivity index (χ1) is 12.6. The average molecular weight is 365 g/mol. The molecule has 0 spiro atoms. The summed E-state index contributed by atoms with van der Waals surface area (Å²) in [5.74, 6) is -0.328. The number of hydrogen-bond acceptors (Lipinski definition) is 6. The summed E-state index contributed by atoms with van der Waals surface area (Å²) in [6.45, 7) is 2.04. The molecule has 2 aromatic heterocycles. The van der Waals surface area contributed by atoms with Crippen molar-refractivity contribution in [2.24, 2.45) is 0 Å². The van der Waals surface area contributed by atoms with E-state index in [2.05, 4.69) is 16.0 Å². The van der Waals surface area contributed by atoms with Crippen LogP contribution in [0.15, 0.2) is 36.7 Å². The zero-order valence-corrected chi connectivity index (χ0v) is 15.0. The first kappa shape index (κ1) is 17.6. The number of aromatic nitrogens is 2. The van der Waals surface area contributed by atoms with Crippen LogP contribution in [0.5, 0.6) is 5.75 Å². The van der Waals surface area contributed by atoms with Crippen molar-refractivity contribution in [3.8, 4) is 33.6 Å². The number of nitriles is 1. The Morgan fingerprint density at radius 3 is 2.69 bits per heavy atom. The Kier molecular flexibility index (Phi) is 4.96. The van der Waals surface area contributed by atoms with Crippen LogP contribution < -0.4 is 4.74 Å². The van der Waals surface area contributed by atoms with E-state index in [-0.39, 0.29) is 4.88 Å². The lowest BCUT2D eigenvalue weighted by Gasteiger charge is -2.12. The fourth-order valence-electron chi connectivity index (χ4n) is 2.61. The van der Waals surface area contributed by atoms with Gasteiger partial charge in [0.25, 0.3) is 0 Å². The van der Waals surface area contributed by atoms with Gasteiger partial charge in [-0.15, -0.1) is 11.3 Å². The van der Waals surface area contributed by atoms with Gasteiger partial charge >= 0.3 is 5.97 Å². The summed E-state index contributed by atoms with van der Waals surface area (Å²) < 4.78 is 5.30. The summed E-state index contributed by atoms with van der Waals surface area (Å²) >= 11 is 1.03. The molecule has 0 atom stereocenters. The predicted octanol–water partition coefficient (Wildman–Crippen LogP) is 4.01. The van der Waals surface area contributed by atoms with Crippen LogP contribution in [0.3, 0.4) is 0 Å². The highest BCUT2D eigenvalue weighted by molar-refractivity contribution is 7.16. The topological polar surface area (TPSA) is 96.1 Å². The van der Waals surface area contributed by atoms with Gasteiger partial charge in [-0.25, -0.2) is 9.78 Å². The van der Waals surface area contributed by atoms with Crippen molar-refractivity contribution in [2.75, 3.05) is 7.11 Å². The summed E-state index contributed by atoms with van der Waals surface area (Å²) in [5, 5.41) is 19.1. The van der Waals surface area contributed by atoms with Crippen LogP contribution in [0, 0.1) is 11.3 Å². The standard InChI is InChI=1S/C19H15N3O3S/c1-3-11-4-5-13(25-2)7-14(11)15-9-21-16(6-12(15)8-20)18-22-10-17(26-18)19(23)24/h4-7,9-10H,3H2,1-2H3,(H,23,24). The fraction of sp³-hybridized carbons (Fsp3) is 0.158. The quantitative estimate of drug-likeness (QED) is 0.734. The lowest BCUT2D eigenvalue weighted by Crippen LogP contribution is -1.95. The Hall–Kier alpha value is -3.24. The maximum Gasteiger partial charge on any atom is 0.347 e. The fourth-order valence-corrected chi connectivity index (χ4v) is 3.34. The molecule has 0 saturated carbocycles. The van der Waals surface area contributed by atoms with E-state index in [1.165, 1.54) is 6.20 Å². The number of aryl methyl sites for hydroxylation is 1. The molecule has 130 valence electrons. The van der Waals surface area contributed by atoms with Crippen LogP contribution >= 0.6 is 11.3 Å². The molecule has 0 aliphatic carbocycles. The summed E-state index contributed by atoms with van der Waals surface area (Å²) in [6, 6.07) is 9.59. The van der Waals surface area contributed by atoms with Gasteiger partial charge in [-0.1, -0.05) is 13.0 Å². The first-order valence-corrected chi connectivity index (χ1v) is 8.66. The van der Waals surface area contributed by atoms with E-state index in [0.717, 1.165) is 28.9 Å². The predicted molar refractivity (Wildman–Crippen MR) is 98.4 cm³/mol. The van der Waals surface area contributed by atoms with E-state index >= 15 is 0 Å². The zero-order valence-electron chi connectivity index (χ0n) is 14.2. The molecule has 1 aromatic carbocycles. The number of benzene rings is 1. The van der Waals surface area contributed by atoms with Gasteiger partial charge in [0.15, 0.2) is 0 Å². The van der Waals surface area contributed by atoms with Gasteiger partial charge in [0.2, 0.25) is 0 Å². The highest BCUT2D eigenvalue weighted by Crippen LogP contribution is 2.33. The van der Waals surface area contributed by atoms with Gasteiger partial charge in [0, 0.05) is 11.8 Å². The minimum absolute atomic E-state index is 0.130. The molecule has 0 radical (unpaired) electrons. The number of carbonyl (C=O) groups is 1. The molecular formula is C19H15N3O3S. The Bertz CT molecular complexity index is 1020. The molecule has 0 bridgehead atoms. The van der Waals surface area contributed by atoms with Crippen LogP contribution in [0.25, 0.3) is 21.8 Å². The summed E-state index contributed by atoms with van der Waals surface area (Å²) in [4.78, 5) is 19.6. The largest absolute Gasteiger partial charge is 0.497 e. The van der Waals surface area contributed by atoms with Crippen molar-refractivity contribution in [3.63, 3.8) is 0 Å². The lowest BCUT2D eigenvalue weighted by molar-refractivity contribution is 0.0702. The SMILES string of the molecule is CCc1ccc(OC)cc1-c1cnc(-c2ncc(C(=O)O)s2)cc1C#N. The highest BCUT2D eigenvalue weighted by Gasteiger charge is 2.15. The molecular weight excluding hydrogens is 350 g/mol. The molecule has 0 unspecified atom stereocenters. The van der Waals surface area contributed by atoms with Crippen molar-refractivity contribution in [1.29, 1.82) is 5.26 Å². The van der Waals surface area contributed by atoms with Crippen molar-refractivity contribution in [1.82, 2.24) is 9.97 Å². The molecule has 0 aliphatic rings. The Balaban J connectivity index is 2.10. The number of carboxylic acids is 1. The number of thiazole rings is 1. The smallest absolute Gasteiger partial charge is 0.347 e. The van der Waals surface area contributed by atoms with Gasteiger partial charge in [0.05, 0.1) is 24.9 Å². The number of carboxylic acid groups (broad SMARTS) is 1. The van der Waals surface area contributed by atoms with Gasteiger partial charge in [-0.05, 0) is 35.7 Å². The summed E-state index contributed by atoms with van der Waals surface area (Å²) in [6.07, 6.45) is 3.73. The van der Waals surface area contributed by atoms with E-state index in [1.807, 2.05) is 25.1 Å². The van der Waals surface area contributed by atoms with Crippen molar-refractivity contribution < 1.29 is 14.6 Å². The second-order valence-corrected chi connectivity index (χ2v) is 6.47. The van der Waals surface area contributed by atoms with Gasteiger partial charge in [0.1, 0.15) is 21.3 Å². The lowest BCUT2D eigenvalue weighted by atomic mass is 9.95. The maximum atomic E-state index is 11.0. The van der Waals surface area contributed by atoms with Gasteiger partial charge < -0.3 is 9.84 Å². The normalized spacial score (nSPS) is 10.3. The average Bonchev–Trinajstić information content (AvgIpc) is 3.17. The van der Waals surface area contributed by atoms with Crippen molar-refractivity contribution in [2.45, 2.75) is 13.3 Å². The van der Waals surface area contributed by atoms with Crippen LogP contribution in [0.2, 0.25) is 0 Å². The molecule has 3 aromatic rings. The zero-order chi connectivity index (χ0) is 18.7. The van der Waals surface area contributed by atoms with Crippen LogP contribution in [0.4, 0.5) is 0 Å². The molecule has 26 heavy (non-hydrogen) atoms. The number of pyridine rings is 1. The van der Waals surface area contributed by atoms with Crippen LogP contribution in [-0.4, -0.2) is 28.2 Å². The Labute approximate surface area is 154 Å². The van der Waals surface area contributed by atoms with Crippen molar-refractivity contribution in [3.05, 3.63) is 52.7 Å². The number of methoxy groups -OCH3 is 1. The second-order valence-electron chi connectivity index (χ2n) is 5.44. The third-order valence-corrected chi connectivity index (χ3v) is 4.96. The molecule has 2 heterocycles. The molecule has 6 nitrogen and oxygen atoms in total. The molecule has 1 N–H and O–H groups in total. The Morgan fingerprint density at radius 1 is 1.27 bits per heavy atom. The minimum atomic E-state index is -1.03. The summed E-state index contributed by atoms with van der Waals surface area (Å²) in [7, 11) is 1.60. The highest BCUT2D eigenvalue weighted by atomic mass is 32.1.